The van der Waals surface area contributed by atoms with Gasteiger partial charge in [-0.3, -0.25) is 9.59 Å². The Labute approximate surface area is 149 Å². The van der Waals surface area contributed by atoms with E-state index in [-0.39, 0.29) is 11.5 Å². The van der Waals surface area contributed by atoms with E-state index in [0.717, 1.165) is 29.8 Å². The zero-order valence-corrected chi connectivity index (χ0v) is 14.0. The number of hydrogen-bond acceptors (Lipinski definition) is 3. The number of rotatable bonds is 7. The van der Waals surface area contributed by atoms with Crippen molar-refractivity contribution < 1.29 is 27.5 Å². The van der Waals surface area contributed by atoms with Crippen LogP contribution in [0.25, 0.3) is 0 Å². The van der Waals surface area contributed by atoms with Crippen molar-refractivity contribution in [1.29, 1.82) is 0 Å². The summed E-state index contributed by atoms with van der Waals surface area (Å²) in [6.07, 6.45) is -4.08. The van der Waals surface area contributed by atoms with E-state index < -0.39 is 30.3 Å². The third-order valence-corrected chi connectivity index (χ3v) is 3.66. The molecule has 2 aromatic carbocycles. The number of carbonyl (C=O) groups excluding carboxylic acids is 2. The van der Waals surface area contributed by atoms with Gasteiger partial charge in [-0.1, -0.05) is 30.3 Å². The Morgan fingerprint density at radius 1 is 1.04 bits per heavy atom. The zero-order chi connectivity index (χ0) is 19.2. The first-order valence-electron chi connectivity index (χ1n) is 7.89. The largest absolute Gasteiger partial charge is 0.484 e. The lowest BCUT2D eigenvalue weighted by Gasteiger charge is -2.16. The van der Waals surface area contributed by atoms with Crippen molar-refractivity contribution in [3.63, 3.8) is 0 Å². The molecular weight excluding hydrogens is 347 g/mol. The smallest absolute Gasteiger partial charge is 0.416 e. The van der Waals surface area contributed by atoms with Crippen LogP contribution in [0.15, 0.2) is 54.6 Å². The Morgan fingerprint density at radius 2 is 1.65 bits per heavy atom. The van der Waals surface area contributed by atoms with Crippen LogP contribution in [0, 0.1) is 0 Å². The molecule has 0 aliphatic rings. The van der Waals surface area contributed by atoms with Gasteiger partial charge >= 0.3 is 6.18 Å². The molecule has 1 atom stereocenters. The fraction of sp³-hybridized carbons (Fsp3) is 0.263. The predicted molar refractivity (Wildman–Crippen MR) is 89.7 cm³/mol. The number of Topliss-reactive ketones (excluding diaryl/α,β-unsaturated/α-hetero) is 1. The van der Waals surface area contributed by atoms with Crippen molar-refractivity contribution in [2.75, 3.05) is 6.61 Å². The van der Waals surface area contributed by atoms with Gasteiger partial charge < -0.3 is 10.1 Å². The summed E-state index contributed by atoms with van der Waals surface area (Å²) >= 11 is 0. The number of benzene rings is 2. The van der Waals surface area contributed by atoms with Gasteiger partial charge in [-0.2, -0.15) is 13.2 Å². The van der Waals surface area contributed by atoms with Gasteiger partial charge in [-0.15, -0.1) is 0 Å². The van der Waals surface area contributed by atoms with Gasteiger partial charge in [0.25, 0.3) is 5.91 Å². The summed E-state index contributed by atoms with van der Waals surface area (Å²) in [5.74, 6) is -0.589. The molecule has 0 fully saturated rings. The number of nitrogens with one attached hydrogen (secondary N) is 1. The SMILES string of the molecule is CC(=O)[C@H](Cc1ccccc1)NC(=O)COc1ccc(C(F)(F)F)cc1. The van der Waals surface area contributed by atoms with Crippen molar-refractivity contribution in [2.24, 2.45) is 0 Å². The molecule has 7 heteroatoms. The predicted octanol–water partition coefficient (Wildman–Crippen LogP) is 3.40. The zero-order valence-electron chi connectivity index (χ0n) is 14.0. The van der Waals surface area contributed by atoms with Crippen molar-refractivity contribution in [3.05, 3.63) is 65.7 Å². The summed E-state index contributed by atoms with van der Waals surface area (Å²) < 4.78 is 42.7. The van der Waals surface area contributed by atoms with Crippen LogP contribution < -0.4 is 10.1 Å². The van der Waals surface area contributed by atoms with Crippen LogP contribution in [-0.2, 0) is 22.2 Å². The molecule has 1 N–H and O–H groups in total. The normalized spacial score (nSPS) is 12.3. The first-order chi connectivity index (χ1) is 12.3. The molecular formula is C19H18F3NO3. The van der Waals surface area contributed by atoms with E-state index in [2.05, 4.69) is 5.32 Å². The molecule has 0 heterocycles. The maximum absolute atomic E-state index is 12.5. The molecule has 1 amide bonds. The second-order valence-electron chi connectivity index (χ2n) is 5.73. The molecule has 0 bridgehead atoms. The fourth-order valence-corrected chi connectivity index (χ4v) is 2.27. The lowest BCUT2D eigenvalue weighted by molar-refractivity contribution is -0.137. The van der Waals surface area contributed by atoms with Gasteiger partial charge in [0.05, 0.1) is 11.6 Å². The highest BCUT2D eigenvalue weighted by atomic mass is 19.4. The van der Waals surface area contributed by atoms with Crippen molar-refractivity contribution in [3.8, 4) is 5.75 Å². The van der Waals surface area contributed by atoms with Crippen LogP contribution in [0.4, 0.5) is 13.2 Å². The summed E-state index contributed by atoms with van der Waals surface area (Å²) in [6.45, 7) is 0.981. The first kappa shape index (κ1) is 19.5. The quantitative estimate of drug-likeness (QED) is 0.818. The highest BCUT2D eigenvalue weighted by Gasteiger charge is 2.30. The summed E-state index contributed by atoms with van der Waals surface area (Å²) in [4.78, 5) is 23.7. The topological polar surface area (TPSA) is 55.4 Å². The Kier molecular flexibility index (Phi) is 6.38. The van der Waals surface area contributed by atoms with E-state index in [4.69, 9.17) is 4.74 Å². The van der Waals surface area contributed by atoms with Gasteiger partial charge in [-0.25, -0.2) is 0 Å². The monoisotopic (exact) mass is 365 g/mol. The third-order valence-electron chi connectivity index (χ3n) is 3.66. The third kappa shape index (κ3) is 5.91. The van der Waals surface area contributed by atoms with Crippen LogP contribution in [0.5, 0.6) is 5.75 Å². The lowest BCUT2D eigenvalue weighted by atomic mass is 10.0. The van der Waals surface area contributed by atoms with Gasteiger partial charge in [-0.05, 0) is 43.2 Å². The van der Waals surface area contributed by atoms with Gasteiger partial charge in [0, 0.05) is 0 Å². The van der Waals surface area contributed by atoms with E-state index in [0.29, 0.717) is 6.42 Å². The van der Waals surface area contributed by atoms with E-state index in [1.807, 2.05) is 30.3 Å². The van der Waals surface area contributed by atoms with Crippen molar-refractivity contribution >= 4 is 11.7 Å². The van der Waals surface area contributed by atoms with Gasteiger partial charge in [0.2, 0.25) is 0 Å². The van der Waals surface area contributed by atoms with Crippen LogP contribution in [-0.4, -0.2) is 24.3 Å². The second-order valence-corrected chi connectivity index (χ2v) is 5.73. The number of amides is 1. The summed E-state index contributed by atoms with van der Waals surface area (Å²) in [5, 5.41) is 2.58. The summed E-state index contributed by atoms with van der Waals surface area (Å²) in [7, 11) is 0. The average molecular weight is 365 g/mol. The van der Waals surface area contributed by atoms with E-state index in [1.165, 1.54) is 6.92 Å². The molecule has 0 aliphatic heterocycles. The molecule has 2 rings (SSSR count). The van der Waals surface area contributed by atoms with Crippen LogP contribution >= 0.6 is 0 Å². The Bertz CT molecular complexity index is 743. The minimum absolute atomic E-state index is 0.135. The summed E-state index contributed by atoms with van der Waals surface area (Å²) in [6, 6.07) is 12.6. The maximum atomic E-state index is 12.5. The number of carbonyl (C=O) groups is 2. The van der Waals surface area contributed by atoms with E-state index >= 15 is 0 Å². The molecule has 4 nitrogen and oxygen atoms in total. The van der Waals surface area contributed by atoms with Crippen LogP contribution in [0.3, 0.4) is 0 Å². The molecule has 0 unspecified atom stereocenters. The average Bonchev–Trinajstić information content (AvgIpc) is 2.60. The number of ketones is 1. The fourth-order valence-electron chi connectivity index (χ4n) is 2.27. The highest BCUT2D eigenvalue weighted by molar-refractivity contribution is 5.88. The maximum Gasteiger partial charge on any atom is 0.416 e. The summed E-state index contributed by atoms with van der Waals surface area (Å²) in [5.41, 5.74) is 0.102. The number of alkyl halides is 3. The van der Waals surface area contributed by atoms with Crippen LogP contribution in [0.1, 0.15) is 18.1 Å². The molecule has 26 heavy (non-hydrogen) atoms. The highest BCUT2D eigenvalue weighted by Crippen LogP contribution is 2.30. The molecule has 0 saturated heterocycles. The number of ether oxygens (including phenoxy) is 1. The molecule has 138 valence electrons. The minimum Gasteiger partial charge on any atom is -0.484 e. The molecule has 0 radical (unpaired) electrons. The minimum atomic E-state index is -4.43. The standard InChI is InChI=1S/C19H18F3NO3/c1-13(24)17(11-14-5-3-2-4-6-14)23-18(25)12-26-16-9-7-15(8-10-16)19(20,21)22/h2-10,17H,11-12H2,1H3,(H,23,25)/t17-/m0/s1. The second kappa shape index (κ2) is 8.51. The van der Waals surface area contributed by atoms with Gasteiger partial charge in [0.15, 0.2) is 12.4 Å². The Balaban J connectivity index is 1.89. The van der Waals surface area contributed by atoms with Crippen LogP contribution in [0.2, 0.25) is 0 Å². The molecule has 0 saturated carbocycles. The van der Waals surface area contributed by atoms with Crippen molar-refractivity contribution in [2.45, 2.75) is 25.6 Å². The molecule has 2 aromatic rings. The first-order valence-corrected chi connectivity index (χ1v) is 7.89. The Morgan fingerprint density at radius 3 is 2.19 bits per heavy atom. The molecule has 0 aliphatic carbocycles. The number of hydrogen-bond donors (Lipinski definition) is 1. The van der Waals surface area contributed by atoms with E-state index in [9.17, 15) is 22.8 Å². The Hall–Kier alpha value is -2.83. The number of halogens is 3. The lowest BCUT2D eigenvalue weighted by Crippen LogP contribution is -2.43. The van der Waals surface area contributed by atoms with E-state index in [1.54, 1.807) is 0 Å². The molecule has 0 spiro atoms. The van der Waals surface area contributed by atoms with Crippen molar-refractivity contribution in [1.82, 2.24) is 5.32 Å². The molecule has 0 aromatic heterocycles. The van der Waals surface area contributed by atoms with Gasteiger partial charge in [0.1, 0.15) is 5.75 Å².